The summed E-state index contributed by atoms with van der Waals surface area (Å²) in [7, 11) is -9.89. The van der Waals surface area contributed by atoms with Crippen molar-refractivity contribution in [2.45, 2.75) is 431 Å². The lowest BCUT2D eigenvalue weighted by atomic mass is 10.0. The molecule has 0 aliphatic carbocycles. The Labute approximate surface area is 588 Å². The van der Waals surface area contributed by atoms with Crippen molar-refractivity contribution in [3.8, 4) is 0 Å². The molecule has 0 aliphatic heterocycles. The molecule has 19 heteroatoms. The number of unbranched alkanes of at least 4 members (excludes halogenated alkanes) is 52. The molecule has 570 valence electrons. The van der Waals surface area contributed by atoms with Gasteiger partial charge in [-0.05, 0) is 25.7 Å². The average Bonchev–Trinajstić information content (AvgIpc) is 1.58. The van der Waals surface area contributed by atoms with Gasteiger partial charge in [-0.15, -0.1) is 0 Å². The standard InChI is InChI=1S/C77H150O17P2/c1-5-9-13-17-20-23-25-27-29-31-33-35-36-38-40-42-44-46-49-52-56-60-64-77(82)94-73(68-88-75(80)62-58-54-50-48-45-43-41-39-37-34-32-30-28-26-24-21-18-14-10-6-2)70-92-96(85,86)90-66-71(78)65-89-95(83,84)91-69-72(67-87-74(79)61-57-53-16-12-8-4)93-76(81)63-59-55-51-47-22-19-15-11-7-3/h71-73,78H,5-70H2,1-4H3,(H,83,84)(H,85,86)/t71-,72+,73+/m0/s1. The quantitative estimate of drug-likeness (QED) is 0.0222. The van der Waals surface area contributed by atoms with Gasteiger partial charge in [0.25, 0.3) is 0 Å². The minimum atomic E-state index is -4.95. The number of carbonyl (C=O) groups is 4. The Morgan fingerprint density at radius 2 is 0.417 bits per heavy atom. The third-order valence-electron chi connectivity index (χ3n) is 18.1. The number of aliphatic hydroxyl groups excluding tert-OH is 1. The van der Waals surface area contributed by atoms with Gasteiger partial charge in [-0.25, -0.2) is 9.13 Å². The summed E-state index contributed by atoms with van der Waals surface area (Å²) in [6.07, 6.45) is 63.2. The van der Waals surface area contributed by atoms with E-state index in [0.29, 0.717) is 25.7 Å². The van der Waals surface area contributed by atoms with Crippen LogP contribution in [-0.4, -0.2) is 96.7 Å². The Balaban J connectivity index is 5.07. The smallest absolute Gasteiger partial charge is 0.462 e. The maximum absolute atomic E-state index is 13.1. The number of phosphoric ester groups is 2. The Kier molecular flexibility index (Phi) is 70.0. The fourth-order valence-corrected chi connectivity index (χ4v) is 13.5. The lowest BCUT2D eigenvalue weighted by Gasteiger charge is -2.21. The van der Waals surface area contributed by atoms with E-state index >= 15 is 0 Å². The Morgan fingerprint density at radius 1 is 0.250 bits per heavy atom. The number of carbonyl (C=O) groups excluding carboxylic acids is 4. The molecule has 0 heterocycles. The molecule has 96 heavy (non-hydrogen) atoms. The van der Waals surface area contributed by atoms with Gasteiger partial charge < -0.3 is 33.8 Å². The number of phosphoric acid groups is 2. The molecule has 0 radical (unpaired) electrons. The SMILES string of the molecule is CCCCCCCCCCCCCCCCCCCCCCCCC(=O)O[C@H](COC(=O)CCCCCCCCCCCCCCCCCCCCCC)COP(=O)(O)OC[C@@H](O)COP(=O)(O)OC[C@@H](COC(=O)CCCCCCC)OC(=O)CCCCCCCCCCC. The first kappa shape index (κ1) is 94.1. The molecule has 0 spiro atoms. The molecular formula is C77H150O17P2. The molecule has 2 unspecified atom stereocenters. The van der Waals surface area contributed by atoms with E-state index in [1.54, 1.807) is 0 Å². The summed E-state index contributed by atoms with van der Waals surface area (Å²) < 4.78 is 68.2. The van der Waals surface area contributed by atoms with Gasteiger partial charge in [0.2, 0.25) is 0 Å². The van der Waals surface area contributed by atoms with Crippen molar-refractivity contribution >= 4 is 39.5 Å². The van der Waals surface area contributed by atoms with E-state index in [4.69, 9.17) is 37.0 Å². The van der Waals surface area contributed by atoms with Crippen molar-refractivity contribution < 1.29 is 80.2 Å². The summed E-state index contributed by atoms with van der Waals surface area (Å²) in [6, 6.07) is 0. The molecule has 3 N–H and O–H groups in total. The van der Waals surface area contributed by atoms with Gasteiger partial charge in [0.05, 0.1) is 26.4 Å². The Hall–Kier alpha value is -1.94. The van der Waals surface area contributed by atoms with Gasteiger partial charge in [-0.3, -0.25) is 37.3 Å². The largest absolute Gasteiger partial charge is 0.472 e. The van der Waals surface area contributed by atoms with Crippen LogP contribution in [-0.2, 0) is 65.4 Å². The van der Waals surface area contributed by atoms with Crippen LogP contribution in [0.15, 0.2) is 0 Å². The molecule has 0 saturated carbocycles. The summed E-state index contributed by atoms with van der Waals surface area (Å²) in [6.45, 7) is 4.87. The molecule has 0 bridgehead atoms. The van der Waals surface area contributed by atoms with Crippen molar-refractivity contribution in [1.82, 2.24) is 0 Å². The first-order valence-corrected chi connectivity index (χ1v) is 43.3. The number of rotatable bonds is 78. The second-order valence-electron chi connectivity index (χ2n) is 27.7. The van der Waals surface area contributed by atoms with Crippen LogP contribution < -0.4 is 0 Å². The lowest BCUT2D eigenvalue weighted by Crippen LogP contribution is -2.30. The van der Waals surface area contributed by atoms with Gasteiger partial charge in [-0.2, -0.15) is 0 Å². The predicted octanol–water partition coefficient (Wildman–Crippen LogP) is 23.0. The molecule has 0 amide bonds. The summed E-state index contributed by atoms with van der Waals surface area (Å²) >= 11 is 0. The predicted molar refractivity (Wildman–Crippen MR) is 391 cm³/mol. The molecular weight excluding hydrogens is 1260 g/mol. The van der Waals surface area contributed by atoms with Crippen LogP contribution in [0, 0.1) is 0 Å². The van der Waals surface area contributed by atoms with E-state index in [-0.39, 0.29) is 25.7 Å². The van der Waals surface area contributed by atoms with Crippen LogP contribution in [0.1, 0.15) is 413 Å². The molecule has 0 aromatic carbocycles. The summed E-state index contributed by atoms with van der Waals surface area (Å²) in [4.78, 5) is 72.4. The summed E-state index contributed by atoms with van der Waals surface area (Å²) in [5.74, 6) is -2.13. The van der Waals surface area contributed by atoms with Crippen molar-refractivity contribution in [2.75, 3.05) is 39.6 Å². The monoisotopic (exact) mass is 1410 g/mol. The Bertz CT molecular complexity index is 1830. The molecule has 5 atom stereocenters. The second-order valence-corrected chi connectivity index (χ2v) is 30.7. The second kappa shape index (κ2) is 71.5. The van der Waals surface area contributed by atoms with E-state index in [9.17, 15) is 43.2 Å². The zero-order valence-corrected chi connectivity index (χ0v) is 64.1. The highest BCUT2D eigenvalue weighted by atomic mass is 31.2. The molecule has 0 aliphatic rings. The van der Waals surface area contributed by atoms with Gasteiger partial charge >= 0.3 is 39.5 Å². The summed E-state index contributed by atoms with van der Waals surface area (Å²) in [5, 5.41) is 10.6. The van der Waals surface area contributed by atoms with Gasteiger partial charge in [0.15, 0.2) is 12.2 Å². The van der Waals surface area contributed by atoms with Crippen LogP contribution >= 0.6 is 15.6 Å². The van der Waals surface area contributed by atoms with E-state index in [1.165, 1.54) is 238 Å². The number of hydrogen-bond acceptors (Lipinski definition) is 15. The van der Waals surface area contributed by atoms with Crippen molar-refractivity contribution in [3.05, 3.63) is 0 Å². The minimum Gasteiger partial charge on any atom is -0.462 e. The van der Waals surface area contributed by atoms with Crippen LogP contribution in [0.5, 0.6) is 0 Å². The highest BCUT2D eigenvalue weighted by Crippen LogP contribution is 2.45. The molecule has 0 aromatic heterocycles. The van der Waals surface area contributed by atoms with Crippen molar-refractivity contribution in [3.63, 3.8) is 0 Å². The van der Waals surface area contributed by atoms with Crippen LogP contribution in [0.3, 0.4) is 0 Å². The maximum atomic E-state index is 13.1. The fraction of sp³-hybridized carbons (Fsp3) is 0.948. The van der Waals surface area contributed by atoms with Gasteiger partial charge in [0, 0.05) is 25.7 Å². The molecule has 0 aromatic rings. The lowest BCUT2D eigenvalue weighted by molar-refractivity contribution is -0.161. The zero-order chi connectivity index (χ0) is 70.4. The number of esters is 4. The third kappa shape index (κ3) is 70.5. The van der Waals surface area contributed by atoms with Crippen LogP contribution in [0.2, 0.25) is 0 Å². The highest BCUT2D eigenvalue weighted by Gasteiger charge is 2.30. The van der Waals surface area contributed by atoms with E-state index in [0.717, 1.165) is 96.3 Å². The van der Waals surface area contributed by atoms with Crippen LogP contribution in [0.4, 0.5) is 0 Å². The van der Waals surface area contributed by atoms with E-state index in [1.807, 2.05) is 0 Å². The van der Waals surface area contributed by atoms with E-state index < -0.39 is 97.5 Å². The first-order chi connectivity index (χ1) is 46.7. The van der Waals surface area contributed by atoms with Gasteiger partial charge in [0.1, 0.15) is 19.3 Å². The normalized spacial score (nSPS) is 13.9. The number of hydrogen-bond donors (Lipinski definition) is 3. The molecule has 17 nitrogen and oxygen atoms in total. The zero-order valence-electron chi connectivity index (χ0n) is 62.4. The summed E-state index contributed by atoms with van der Waals surface area (Å²) in [5.41, 5.74) is 0. The topological polar surface area (TPSA) is 237 Å². The van der Waals surface area contributed by atoms with Crippen LogP contribution in [0.25, 0.3) is 0 Å². The highest BCUT2D eigenvalue weighted by molar-refractivity contribution is 7.47. The average molecular weight is 1410 g/mol. The number of aliphatic hydroxyl groups is 1. The van der Waals surface area contributed by atoms with Gasteiger partial charge in [-0.1, -0.05) is 362 Å². The third-order valence-corrected chi connectivity index (χ3v) is 20.0. The number of ether oxygens (including phenoxy) is 4. The van der Waals surface area contributed by atoms with E-state index in [2.05, 4.69) is 27.7 Å². The first-order valence-electron chi connectivity index (χ1n) is 40.3. The molecule has 0 saturated heterocycles. The fourth-order valence-electron chi connectivity index (χ4n) is 11.9. The van der Waals surface area contributed by atoms with Crippen molar-refractivity contribution in [1.29, 1.82) is 0 Å². The molecule has 0 fully saturated rings. The minimum absolute atomic E-state index is 0.105. The van der Waals surface area contributed by atoms with Crippen molar-refractivity contribution in [2.24, 2.45) is 0 Å². The molecule has 0 rings (SSSR count). The maximum Gasteiger partial charge on any atom is 0.472 e. The Morgan fingerprint density at radius 3 is 0.615 bits per heavy atom.